The summed E-state index contributed by atoms with van der Waals surface area (Å²) < 4.78 is 4.54. The van der Waals surface area contributed by atoms with Crippen LogP contribution in [0.25, 0.3) is 0 Å². The lowest BCUT2D eigenvalue weighted by atomic mass is 10.1. The maximum Gasteiger partial charge on any atom is 0.309 e. The third-order valence-electron chi connectivity index (χ3n) is 2.00. The molecule has 1 amide bonds. The van der Waals surface area contributed by atoms with Crippen molar-refractivity contribution in [3.05, 3.63) is 29.8 Å². The molecule has 1 aromatic carbocycles. The molecule has 5 heteroatoms. The van der Waals surface area contributed by atoms with E-state index in [1.54, 1.807) is 24.3 Å². The second kappa shape index (κ2) is 5.87. The van der Waals surface area contributed by atoms with Crippen LogP contribution in [-0.4, -0.2) is 25.5 Å². The smallest absolute Gasteiger partial charge is 0.309 e. The van der Waals surface area contributed by atoms with Crippen LogP contribution in [0.4, 0.5) is 5.69 Å². The fourth-order valence-corrected chi connectivity index (χ4v) is 1.16. The van der Waals surface area contributed by atoms with Crippen LogP contribution in [0.1, 0.15) is 5.56 Å². The normalized spacial score (nSPS) is 9.62. The first-order valence-corrected chi connectivity index (χ1v) is 4.81. The third kappa shape index (κ3) is 3.70. The Morgan fingerprint density at radius 2 is 1.94 bits per heavy atom. The lowest BCUT2D eigenvalue weighted by molar-refractivity contribution is -0.139. The van der Waals surface area contributed by atoms with Crippen molar-refractivity contribution in [3.63, 3.8) is 0 Å². The van der Waals surface area contributed by atoms with Gasteiger partial charge < -0.3 is 15.8 Å². The molecule has 1 rings (SSSR count). The number of hydrogen-bond acceptors (Lipinski definition) is 4. The summed E-state index contributed by atoms with van der Waals surface area (Å²) in [5, 5.41) is 2.61. The lowest BCUT2D eigenvalue weighted by Crippen LogP contribution is -2.21. The summed E-state index contributed by atoms with van der Waals surface area (Å²) >= 11 is 0. The van der Waals surface area contributed by atoms with Crippen LogP contribution < -0.4 is 11.1 Å². The van der Waals surface area contributed by atoms with Gasteiger partial charge in [-0.15, -0.1) is 0 Å². The number of hydrogen-bond donors (Lipinski definition) is 2. The molecule has 0 spiro atoms. The molecule has 0 heterocycles. The summed E-state index contributed by atoms with van der Waals surface area (Å²) in [6.45, 7) is -0.0517. The van der Waals surface area contributed by atoms with Gasteiger partial charge in [-0.3, -0.25) is 9.59 Å². The number of nitrogens with two attached hydrogens (primary N) is 1. The Morgan fingerprint density at radius 3 is 2.44 bits per heavy atom. The molecule has 0 saturated carbocycles. The third-order valence-corrected chi connectivity index (χ3v) is 2.00. The number of esters is 1. The average Bonchev–Trinajstić information content (AvgIpc) is 2.31. The largest absolute Gasteiger partial charge is 0.469 e. The molecule has 16 heavy (non-hydrogen) atoms. The number of anilines is 1. The summed E-state index contributed by atoms with van der Waals surface area (Å²) in [6.07, 6.45) is 0.224. The van der Waals surface area contributed by atoms with Crippen LogP contribution in [0.5, 0.6) is 0 Å². The fraction of sp³-hybridized carbons (Fsp3) is 0.273. The van der Waals surface area contributed by atoms with Crippen molar-refractivity contribution in [1.29, 1.82) is 0 Å². The van der Waals surface area contributed by atoms with E-state index >= 15 is 0 Å². The Balaban J connectivity index is 2.60. The molecule has 3 N–H and O–H groups in total. The van der Waals surface area contributed by atoms with Crippen LogP contribution in [0.2, 0.25) is 0 Å². The van der Waals surface area contributed by atoms with Crippen molar-refractivity contribution in [2.45, 2.75) is 6.42 Å². The van der Waals surface area contributed by atoms with Crippen LogP contribution >= 0.6 is 0 Å². The number of amides is 1. The zero-order chi connectivity index (χ0) is 12.0. The van der Waals surface area contributed by atoms with Gasteiger partial charge in [0.25, 0.3) is 0 Å². The standard InChI is InChI=1S/C11H14N2O3/c1-16-11(15)6-8-2-4-9(5-3-8)13-10(14)7-12/h2-5H,6-7,12H2,1H3,(H,13,14). The first kappa shape index (κ1) is 12.2. The van der Waals surface area contributed by atoms with E-state index in [2.05, 4.69) is 10.1 Å². The van der Waals surface area contributed by atoms with Crippen LogP contribution in [0.15, 0.2) is 24.3 Å². The molecule has 0 aliphatic rings. The second-order valence-corrected chi connectivity index (χ2v) is 3.20. The van der Waals surface area contributed by atoms with Gasteiger partial charge in [0.2, 0.25) is 5.91 Å². The molecule has 5 nitrogen and oxygen atoms in total. The minimum atomic E-state index is -0.293. The van der Waals surface area contributed by atoms with Crippen LogP contribution in [-0.2, 0) is 20.7 Å². The van der Waals surface area contributed by atoms with Crippen LogP contribution in [0, 0.1) is 0 Å². The predicted octanol–water partition coefficient (Wildman–Crippen LogP) is 0.299. The molecule has 0 aliphatic heterocycles. The zero-order valence-electron chi connectivity index (χ0n) is 9.03. The molecule has 0 radical (unpaired) electrons. The minimum absolute atomic E-state index is 0.0517. The van der Waals surface area contributed by atoms with Crippen molar-refractivity contribution in [1.82, 2.24) is 0 Å². The molecular weight excluding hydrogens is 208 g/mol. The number of carbonyl (C=O) groups excluding carboxylic acids is 2. The highest BCUT2D eigenvalue weighted by Crippen LogP contribution is 2.10. The molecule has 0 atom stereocenters. The van der Waals surface area contributed by atoms with Crippen molar-refractivity contribution in [2.75, 3.05) is 19.0 Å². The Bertz CT molecular complexity index is 336. The highest BCUT2D eigenvalue weighted by Gasteiger charge is 2.03. The highest BCUT2D eigenvalue weighted by molar-refractivity contribution is 5.92. The van der Waals surface area contributed by atoms with Gasteiger partial charge in [0.05, 0.1) is 20.1 Å². The first-order valence-electron chi connectivity index (χ1n) is 4.81. The van der Waals surface area contributed by atoms with Gasteiger partial charge in [0, 0.05) is 5.69 Å². The van der Waals surface area contributed by atoms with Gasteiger partial charge in [0.15, 0.2) is 0 Å². The van der Waals surface area contributed by atoms with Gasteiger partial charge in [-0.2, -0.15) is 0 Å². The molecule has 86 valence electrons. The monoisotopic (exact) mass is 222 g/mol. The molecule has 0 unspecified atom stereocenters. The number of ether oxygens (including phenoxy) is 1. The van der Waals surface area contributed by atoms with E-state index < -0.39 is 0 Å². The van der Waals surface area contributed by atoms with E-state index in [0.29, 0.717) is 5.69 Å². The Kier molecular flexibility index (Phi) is 4.47. The van der Waals surface area contributed by atoms with Crippen molar-refractivity contribution >= 4 is 17.6 Å². The van der Waals surface area contributed by atoms with E-state index in [-0.39, 0.29) is 24.8 Å². The fourth-order valence-electron chi connectivity index (χ4n) is 1.16. The van der Waals surface area contributed by atoms with Gasteiger partial charge in [-0.25, -0.2) is 0 Å². The quantitative estimate of drug-likeness (QED) is 0.718. The lowest BCUT2D eigenvalue weighted by Gasteiger charge is -2.04. The van der Waals surface area contributed by atoms with E-state index in [1.807, 2.05) is 0 Å². The number of benzene rings is 1. The summed E-state index contributed by atoms with van der Waals surface area (Å²) in [7, 11) is 1.35. The van der Waals surface area contributed by atoms with Gasteiger partial charge in [-0.05, 0) is 17.7 Å². The molecule has 0 saturated heterocycles. The highest BCUT2D eigenvalue weighted by atomic mass is 16.5. The van der Waals surface area contributed by atoms with E-state index in [1.165, 1.54) is 7.11 Å². The number of nitrogens with one attached hydrogen (secondary N) is 1. The van der Waals surface area contributed by atoms with E-state index in [0.717, 1.165) is 5.56 Å². The summed E-state index contributed by atoms with van der Waals surface area (Å²) in [4.78, 5) is 22.0. The zero-order valence-corrected chi connectivity index (χ0v) is 9.03. The molecule has 0 fully saturated rings. The number of methoxy groups -OCH3 is 1. The van der Waals surface area contributed by atoms with Crippen LogP contribution in [0.3, 0.4) is 0 Å². The van der Waals surface area contributed by atoms with Crippen molar-refractivity contribution in [3.8, 4) is 0 Å². The molecule has 1 aromatic rings. The van der Waals surface area contributed by atoms with Gasteiger partial charge >= 0.3 is 5.97 Å². The van der Waals surface area contributed by atoms with E-state index in [4.69, 9.17) is 5.73 Å². The molecule has 0 bridgehead atoms. The van der Waals surface area contributed by atoms with Crippen molar-refractivity contribution in [2.24, 2.45) is 5.73 Å². The maximum atomic E-state index is 11.0. The maximum absolute atomic E-state index is 11.0. The molecule has 0 aliphatic carbocycles. The minimum Gasteiger partial charge on any atom is -0.469 e. The topological polar surface area (TPSA) is 81.4 Å². The Labute approximate surface area is 93.6 Å². The van der Waals surface area contributed by atoms with Gasteiger partial charge in [-0.1, -0.05) is 12.1 Å². The first-order chi connectivity index (χ1) is 7.65. The SMILES string of the molecule is COC(=O)Cc1ccc(NC(=O)CN)cc1. The number of carbonyl (C=O) groups is 2. The summed E-state index contributed by atoms with van der Waals surface area (Å²) in [5.74, 6) is -0.542. The van der Waals surface area contributed by atoms with Crippen molar-refractivity contribution < 1.29 is 14.3 Å². The van der Waals surface area contributed by atoms with E-state index in [9.17, 15) is 9.59 Å². The second-order valence-electron chi connectivity index (χ2n) is 3.20. The molecular formula is C11H14N2O3. The average molecular weight is 222 g/mol. The van der Waals surface area contributed by atoms with Gasteiger partial charge in [0.1, 0.15) is 0 Å². The predicted molar refractivity (Wildman–Crippen MR) is 59.8 cm³/mol. The summed E-state index contributed by atoms with van der Waals surface area (Å²) in [5.41, 5.74) is 6.65. The summed E-state index contributed by atoms with van der Waals surface area (Å²) in [6, 6.07) is 6.93. The molecule has 0 aromatic heterocycles. The Morgan fingerprint density at radius 1 is 1.31 bits per heavy atom. The Hall–Kier alpha value is -1.88. The number of rotatable bonds is 4.